The number of alkyl halides is 3. The molecule has 1 aromatic heterocycles. The van der Waals surface area contributed by atoms with E-state index in [1.165, 1.54) is 0 Å². The third-order valence-electron chi connectivity index (χ3n) is 4.74. The number of nitrogens with zero attached hydrogens (tertiary/aromatic N) is 2. The number of carboxylic acids is 1. The summed E-state index contributed by atoms with van der Waals surface area (Å²) >= 11 is 0. The van der Waals surface area contributed by atoms with E-state index in [9.17, 15) is 27.9 Å². The van der Waals surface area contributed by atoms with E-state index in [1.54, 1.807) is 0 Å². The second kappa shape index (κ2) is 5.73. The van der Waals surface area contributed by atoms with Crippen LogP contribution in [0.2, 0.25) is 0 Å². The van der Waals surface area contributed by atoms with Gasteiger partial charge in [0.15, 0.2) is 0 Å². The maximum atomic E-state index is 13.1. The van der Waals surface area contributed by atoms with E-state index in [4.69, 9.17) is 4.74 Å². The number of rotatable bonds is 2. The van der Waals surface area contributed by atoms with E-state index in [0.29, 0.717) is 0 Å². The van der Waals surface area contributed by atoms with Gasteiger partial charge in [0, 0.05) is 31.8 Å². The molecule has 3 rings (SSSR count). The number of carboxylic acid groups (broad SMARTS) is 1. The average Bonchev–Trinajstić information content (AvgIpc) is 2.94. The first-order chi connectivity index (χ1) is 11.3. The molecule has 2 atom stereocenters. The number of carbonyl (C=O) groups excluding carboxylic acids is 1. The van der Waals surface area contributed by atoms with Crippen molar-refractivity contribution in [3.8, 4) is 0 Å². The number of aliphatic carboxylic acids is 1. The first kappa shape index (κ1) is 16.7. The average molecular weight is 344 g/mol. The number of likely N-dealkylation sites (tertiary alicyclic amines) is 1. The van der Waals surface area contributed by atoms with Crippen molar-refractivity contribution in [3.63, 3.8) is 0 Å². The summed E-state index contributed by atoms with van der Waals surface area (Å²) < 4.78 is 44.5. The molecule has 0 saturated carbocycles. The Labute approximate surface area is 135 Å². The SMILES string of the molecule is O=C(c1ncccc1C(F)(F)F)N1C[C@H]2COCC[C@@]2(C(=O)O)C1. The van der Waals surface area contributed by atoms with Gasteiger partial charge in [0.25, 0.3) is 5.91 Å². The molecule has 0 unspecified atom stereocenters. The van der Waals surface area contributed by atoms with Gasteiger partial charge in [-0.05, 0) is 18.6 Å². The quantitative estimate of drug-likeness (QED) is 0.883. The maximum Gasteiger partial charge on any atom is 0.418 e. The van der Waals surface area contributed by atoms with E-state index in [-0.39, 0.29) is 32.7 Å². The number of ether oxygens (including phenoxy) is 1. The van der Waals surface area contributed by atoms with Gasteiger partial charge in [-0.15, -0.1) is 0 Å². The highest BCUT2D eigenvalue weighted by molar-refractivity contribution is 5.95. The minimum absolute atomic E-state index is 0.0407. The third-order valence-corrected chi connectivity index (χ3v) is 4.74. The minimum Gasteiger partial charge on any atom is -0.481 e. The van der Waals surface area contributed by atoms with E-state index in [1.807, 2.05) is 0 Å². The van der Waals surface area contributed by atoms with Crippen LogP contribution in [0.1, 0.15) is 22.5 Å². The number of fused-ring (bicyclic) bond motifs is 1. The molecule has 0 spiro atoms. The van der Waals surface area contributed by atoms with Crippen LogP contribution < -0.4 is 0 Å². The summed E-state index contributed by atoms with van der Waals surface area (Å²) in [7, 11) is 0. The lowest BCUT2D eigenvalue weighted by molar-refractivity contribution is -0.157. The van der Waals surface area contributed by atoms with Crippen LogP contribution in [0.4, 0.5) is 13.2 Å². The van der Waals surface area contributed by atoms with Crippen molar-refractivity contribution < 1.29 is 32.6 Å². The first-order valence-corrected chi connectivity index (χ1v) is 7.38. The second-order valence-electron chi connectivity index (χ2n) is 6.07. The zero-order valence-electron chi connectivity index (χ0n) is 12.5. The molecule has 1 N–H and O–H groups in total. The van der Waals surface area contributed by atoms with Crippen molar-refractivity contribution in [2.45, 2.75) is 12.6 Å². The van der Waals surface area contributed by atoms with Crippen LogP contribution >= 0.6 is 0 Å². The largest absolute Gasteiger partial charge is 0.481 e. The fourth-order valence-electron chi connectivity index (χ4n) is 3.41. The van der Waals surface area contributed by atoms with Crippen LogP contribution in [0.15, 0.2) is 18.3 Å². The topological polar surface area (TPSA) is 79.7 Å². The molecule has 1 amide bonds. The second-order valence-corrected chi connectivity index (χ2v) is 6.07. The molecule has 0 aromatic carbocycles. The Bertz CT molecular complexity index is 679. The standard InChI is InChI=1S/C15H15F3N2O4/c16-15(17,18)10-2-1-4-19-11(10)12(21)20-6-9-7-24-5-3-14(9,8-20)13(22)23/h1-2,4,9H,3,5-8H2,(H,22,23)/t9-,14+/m0/s1. The van der Waals surface area contributed by atoms with Gasteiger partial charge in [0.2, 0.25) is 0 Å². The highest BCUT2D eigenvalue weighted by Gasteiger charge is 2.55. The molecule has 9 heteroatoms. The van der Waals surface area contributed by atoms with Crippen LogP contribution in [0.3, 0.4) is 0 Å². The number of hydrogen-bond donors (Lipinski definition) is 1. The lowest BCUT2D eigenvalue weighted by Gasteiger charge is -2.33. The maximum absolute atomic E-state index is 13.1. The number of amides is 1. The van der Waals surface area contributed by atoms with Gasteiger partial charge in [0.05, 0.1) is 17.6 Å². The van der Waals surface area contributed by atoms with E-state index in [0.717, 1.165) is 23.2 Å². The third kappa shape index (κ3) is 2.62. The Hall–Kier alpha value is -2.16. The predicted octanol–water partition coefficient (Wildman–Crippen LogP) is 1.66. The Morgan fingerprint density at radius 1 is 1.42 bits per heavy atom. The number of aromatic nitrogens is 1. The van der Waals surface area contributed by atoms with Crippen molar-refractivity contribution in [1.29, 1.82) is 0 Å². The number of hydrogen-bond acceptors (Lipinski definition) is 4. The lowest BCUT2D eigenvalue weighted by atomic mass is 9.74. The fourth-order valence-corrected chi connectivity index (χ4v) is 3.41. The zero-order chi connectivity index (χ0) is 17.5. The summed E-state index contributed by atoms with van der Waals surface area (Å²) in [5, 5.41) is 9.56. The molecule has 6 nitrogen and oxygen atoms in total. The van der Waals surface area contributed by atoms with Crippen molar-refractivity contribution in [2.24, 2.45) is 11.3 Å². The summed E-state index contributed by atoms with van der Waals surface area (Å²) in [6.45, 7) is 0.328. The Morgan fingerprint density at radius 2 is 2.17 bits per heavy atom. The highest BCUT2D eigenvalue weighted by atomic mass is 19.4. The molecule has 1 aromatic rings. The van der Waals surface area contributed by atoms with E-state index in [2.05, 4.69) is 4.98 Å². The zero-order valence-corrected chi connectivity index (χ0v) is 12.5. The Kier molecular flexibility index (Phi) is 3.98. The van der Waals surface area contributed by atoms with Crippen molar-refractivity contribution in [3.05, 3.63) is 29.6 Å². The summed E-state index contributed by atoms with van der Waals surface area (Å²) in [6, 6.07) is 1.90. The fraction of sp³-hybridized carbons (Fsp3) is 0.533. The lowest BCUT2D eigenvalue weighted by Crippen LogP contribution is -2.45. The van der Waals surface area contributed by atoms with Crippen molar-refractivity contribution >= 4 is 11.9 Å². The molecule has 130 valence electrons. The highest BCUT2D eigenvalue weighted by Crippen LogP contribution is 2.43. The van der Waals surface area contributed by atoms with Gasteiger partial charge >= 0.3 is 12.1 Å². The smallest absolute Gasteiger partial charge is 0.418 e. The van der Waals surface area contributed by atoms with Gasteiger partial charge in [-0.2, -0.15) is 13.2 Å². The molecule has 24 heavy (non-hydrogen) atoms. The number of carbonyl (C=O) groups is 2. The summed E-state index contributed by atoms with van der Waals surface area (Å²) in [6.07, 6.45) is -3.37. The Morgan fingerprint density at radius 3 is 2.79 bits per heavy atom. The normalized spacial score (nSPS) is 27.0. The molecule has 2 aliphatic rings. The van der Waals surface area contributed by atoms with Gasteiger partial charge in [0.1, 0.15) is 5.69 Å². The van der Waals surface area contributed by atoms with E-state index >= 15 is 0 Å². The summed E-state index contributed by atoms with van der Waals surface area (Å²) in [5.74, 6) is -2.40. The van der Waals surface area contributed by atoms with Gasteiger partial charge in [-0.25, -0.2) is 0 Å². The minimum atomic E-state index is -4.71. The molecule has 0 aliphatic carbocycles. The number of halogens is 3. The first-order valence-electron chi connectivity index (χ1n) is 7.38. The molecule has 0 bridgehead atoms. The van der Waals surface area contributed by atoms with E-state index < -0.39 is 40.6 Å². The summed E-state index contributed by atoms with van der Waals surface area (Å²) in [4.78, 5) is 29.0. The molecular formula is C15H15F3N2O4. The summed E-state index contributed by atoms with van der Waals surface area (Å²) in [5.41, 5.74) is -2.99. The van der Waals surface area contributed by atoms with Crippen molar-refractivity contribution in [2.75, 3.05) is 26.3 Å². The molecular weight excluding hydrogens is 329 g/mol. The van der Waals surface area contributed by atoms with Crippen LogP contribution in [-0.4, -0.2) is 53.2 Å². The Balaban J connectivity index is 1.92. The molecule has 2 saturated heterocycles. The van der Waals surface area contributed by atoms with Gasteiger partial charge in [-0.1, -0.05) is 0 Å². The molecule has 0 radical (unpaired) electrons. The van der Waals surface area contributed by atoms with Crippen LogP contribution in [0.5, 0.6) is 0 Å². The van der Waals surface area contributed by atoms with Crippen LogP contribution in [0, 0.1) is 11.3 Å². The predicted molar refractivity (Wildman–Crippen MR) is 74.1 cm³/mol. The number of pyridine rings is 1. The molecule has 3 heterocycles. The van der Waals surface area contributed by atoms with Crippen LogP contribution in [-0.2, 0) is 15.7 Å². The van der Waals surface area contributed by atoms with Crippen LogP contribution in [0.25, 0.3) is 0 Å². The van der Waals surface area contributed by atoms with Gasteiger partial charge < -0.3 is 14.7 Å². The van der Waals surface area contributed by atoms with Gasteiger partial charge in [-0.3, -0.25) is 14.6 Å². The van der Waals surface area contributed by atoms with Crippen molar-refractivity contribution in [1.82, 2.24) is 9.88 Å². The molecule has 2 fully saturated rings. The monoisotopic (exact) mass is 344 g/mol. The molecule has 2 aliphatic heterocycles.